The summed E-state index contributed by atoms with van der Waals surface area (Å²) >= 11 is 0. The summed E-state index contributed by atoms with van der Waals surface area (Å²) in [5, 5.41) is 0. The summed E-state index contributed by atoms with van der Waals surface area (Å²) in [5.74, 6) is 0.912. The lowest BCUT2D eigenvalue weighted by atomic mass is 9.30. The Labute approximate surface area is 124 Å². The average molecular weight is 273 g/mol. The lowest BCUT2D eigenvalue weighted by Crippen LogP contribution is -2.64. The first-order chi connectivity index (χ1) is 9.64. The second-order valence-corrected chi connectivity index (χ2v) is 8.58. The Morgan fingerprint density at radius 3 is 2.35 bits per heavy atom. The van der Waals surface area contributed by atoms with Gasteiger partial charge in [0.05, 0.1) is 0 Å². The highest BCUT2D eigenvalue weighted by Crippen LogP contribution is 2.79. The lowest BCUT2D eigenvalue weighted by Gasteiger charge is -2.74. The molecule has 1 heterocycles. The molecule has 1 atom stereocenters. The van der Waals surface area contributed by atoms with Gasteiger partial charge in [-0.05, 0) is 81.2 Å². The third-order valence-corrected chi connectivity index (χ3v) is 7.27. The molecule has 4 aliphatic carbocycles. The van der Waals surface area contributed by atoms with E-state index in [0.717, 1.165) is 17.4 Å². The van der Waals surface area contributed by atoms with Crippen LogP contribution < -0.4 is 0 Å². The van der Waals surface area contributed by atoms with Crippen LogP contribution in [0.15, 0.2) is 11.6 Å². The van der Waals surface area contributed by atoms with E-state index in [1.54, 1.807) is 0 Å². The topological polar surface area (TPSA) is 3.24 Å². The van der Waals surface area contributed by atoms with Crippen molar-refractivity contribution in [2.75, 3.05) is 13.1 Å². The third kappa shape index (κ3) is 1.85. The number of piperidine rings is 1. The molecule has 5 rings (SSSR count). The molecule has 1 heteroatoms. The number of allylic oxidation sites excluding steroid dienone is 1. The second-order valence-electron chi connectivity index (χ2n) is 8.58. The Morgan fingerprint density at radius 2 is 1.80 bits per heavy atom. The molecule has 0 aromatic rings. The molecule has 0 aromatic carbocycles. The van der Waals surface area contributed by atoms with Gasteiger partial charge < -0.3 is 4.90 Å². The van der Waals surface area contributed by atoms with E-state index in [2.05, 4.69) is 24.8 Å². The van der Waals surface area contributed by atoms with Crippen molar-refractivity contribution in [3.63, 3.8) is 0 Å². The Kier molecular flexibility index (Phi) is 3.07. The molecular formula is C19H31N. The molecule has 5 aliphatic rings. The maximum Gasteiger partial charge on any atom is 0.0133 e. The summed E-state index contributed by atoms with van der Waals surface area (Å²) < 4.78 is 0. The first-order valence-electron chi connectivity index (χ1n) is 9.07. The van der Waals surface area contributed by atoms with Gasteiger partial charge in [0.15, 0.2) is 0 Å². The van der Waals surface area contributed by atoms with Gasteiger partial charge in [0.1, 0.15) is 0 Å². The standard InChI is InChI=1S/C19H31N/c1-15(2)18-12-19(13-18,14-18)16-6-8-17(9-7-16)20-10-4-3-5-11-20/h6,15,17H,3-5,7-14H2,1-2H3. The van der Waals surface area contributed by atoms with E-state index >= 15 is 0 Å². The maximum atomic E-state index is 2.79. The molecule has 0 spiro atoms. The fraction of sp³-hybridized carbons (Fsp3) is 0.895. The number of likely N-dealkylation sites (tertiary alicyclic amines) is 1. The van der Waals surface area contributed by atoms with Gasteiger partial charge in [-0.1, -0.05) is 31.9 Å². The van der Waals surface area contributed by atoms with Crippen LogP contribution in [0.1, 0.15) is 71.6 Å². The summed E-state index contributed by atoms with van der Waals surface area (Å²) in [6.45, 7) is 7.61. The van der Waals surface area contributed by atoms with Crippen molar-refractivity contribution < 1.29 is 0 Å². The highest BCUT2D eigenvalue weighted by Gasteiger charge is 2.69. The monoisotopic (exact) mass is 273 g/mol. The summed E-state index contributed by atoms with van der Waals surface area (Å²) in [6.07, 6.45) is 15.8. The van der Waals surface area contributed by atoms with E-state index < -0.39 is 0 Å². The minimum atomic E-state index is 0.705. The minimum absolute atomic E-state index is 0.705. The Bertz CT molecular complexity index is 394. The molecular weight excluding hydrogens is 242 g/mol. The van der Waals surface area contributed by atoms with E-state index in [0.29, 0.717) is 5.41 Å². The van der Waals surface area contributed by atoms with Gasteiger partial charge in [0.2, 0.25) is 0 Å². The van der Waals surface area contributed by atoms with Crippen LogP contribution in [0.25, 0.3) is 0 Å². The Morgan fingerprint density at radius 1 is 1.10 bits per heavy atom. The predicted octanol–water partition coefficient (Wildman–Crippen LogP) is 4.78. The van der Waals surface area contributed by atoms with E-state index in [4.69, 9.17) is 0 Å². The first-order valence-corrected chi connectivity index (χ1v) is 9.07. The molecule has 2 bridgehead atoms. The van der Waals surface area contributed by atoms with Gasteiger partial charge in [0, 0.05) is 6.04 Å². The molecule has 1 saturated heterocycles. The molecule has 0 radical (unpaired) electrons. The average Bonchev–Trinajstić information content (AvgIpc) is 2.37. The molecule has 112 valence electrons. The van der Waals surface area contributed by atoms with E-state index in [9.17, 15) is 0 Å². The van der Waals surface area contributed by atoms with Gasteiger partial charge in [-0.2, -0.15) is 0 Å². The minimum Gasteiger partial charge on any atom is -0.300 e. The molecule has 20 heavy (non-hydrogen) atoms. The Balaban J connectivity index is 1.36. The van der Waals surface area contributed by atoms with E-state index in [-0.39, 0.29) is 0 Å². The van der Waals surface area contributed by atoms with Gasteiger partial charge in [-0.25, -0.2) is 0 Å². The maximum absolute atomic E-state index is 2.79. The number of rotatable bonds is 3. The van der Waals surface area contributed by atoms with Crippen LogP contribution in [-0.2, 0) is 0 Å². The SMILES string of the molecule is CC(C)C12CC(C3=CCC(N4CCCCC4)CC3)(C1)C2. The van der Waals surface area contributed by atoms with Crippen LogP contribution in [0.5, 0.6) is 0 Å². The molecule has 1 unspecified atom stereocenters. The normalized spacial score (nSPS) is 44.8. The van der Waals surface area contributed by atoms with Crippen LogP contribution in [0.4, 0.5) is 0 Å². The molecule has 3 saturated carbocycles. The summed E-state index contributed by atoms with van der Waals surface area (Å²) in [4.78, 5) is 2.79. The summed E-state index contributed by atoms with van der Waals surface area (Å²) in [6, 6.07) is 0.880. The van der Waals surface area contributed by atoms with Gasteiger partial charge in [0.25, 0.3) is 0 Å². The molecule has 4 fully saturated rings. The fourth-order valence-corrected chi connectivity index (χ4v) is 5.74. The van der Waals surface area contributed by atoms with Gasteiger partial charge in [-0.15, -0.1) is 0 Å². The van der Waals surface area contributed by atoms with Crippen molar-refractivity contribution in [1.29, 1.82) is 0 Å². The molecule has 0 N–H and O–H groups in total. The van der Waals surface area contributed by atoms with Crippen molar-refractivity contribution in [3.05, 3.63) is 11.6 Å². The smallest absolute Gasteiger partial charge is 0.0133 e. The molecule has 1 nitrogen and oxygen atoms in total. The molecule has 0 amide bonds. The zero-order chi connectivity index (χ0) is 13.8. The quantitative estimate of drug-likeness (QED) is 0.669. The van der Waals surface area contributed by atoms with Crippen LogP contribution in [0, 0.1) is 16.7 Å². The van der Waals surface area contributed by atoms with Gasteiger partial charge >= 0.3 is 0 Å². The van der Waals surface area contributed by atoms with Crippen molar-refractivity contribution in [2.24, 2.45) is 16.7 Å². The third-order valence-electron chi connectivity index (χ3n) is 7.27. The highest BCUT2D eigenvalue weighted by molar-refractivity contribution is 5.33. The van der Waals surface area contributed by atoms with Crippen LogP contribution >= 0.6 is 0 Å². The van der Waals surface area contributed by atoms with Crippen molar-refractivity contribution in [3.8, 4) is 0 Å². The predicted molar refractivity (Wildman–Crippen MR) is 84.7 cm³/mol. The van der Waals surface area contributed by atoms with Crippen molar-refractivity contribution in [2.45, 2.75) is 77.7 Å². The van der Waals surface area contributed by atoms with Crippen molar-refractivity contribution >= 4 is 0 Å². The molecule has 0 aromatic heterocycles. The number of hydrogen-bond acceptors (Lipinski definition) is 1. The van der Waals surface area contributed by atoms with Crippen LogP contribution in [-0.4, -0.2) is 24.0 Å². The van der Waals surface area contributed by atoms with Gasteiger partial charge in [-0.3, -0.25) is 0 Å². The zero-order valence-corrected chi connectivity index (χ0v) is 13.5. The summed E-state index contributed by atoms with van der Waals surface area (Å²) in [5.41, 5.74) is 3.34. The number of hydrogen-bond donors (Lipinski definition) is 0. The van der Waals surface area contributed by atoms with Crippen LogP contribution in [0.3, 0.4) is 0 Å². The fourth-order valence-electron chi connectivity index (χ4n) is 5.74. The highest BCUT2D eigenvalue weighted by atomic mass is 15.2. The molecule has 1 aliphatic heterocycles. The van der Waals surface area contributed by atoms with Crippen molar-refractivity contribution in [1.82, 2.24) is 4.90 Å². The Hall–Kier alpha value is -0.300. The first kappa shape index (κ1) is 13.4. The lowest BCUT2D eigenvalue weighted by molar-refractivity contribution is -0.207. The largest absolute Gasteiger partial charge is 0.300 e. The van der Waals surface area contributed by atoms with E-state index in [1.165, 1.54) is 70.9 Å². The summed E-state index contributed by atoms with van der Waals surface area (Å²) in [7, 11) is 0. The zero-order valence-electron chi connectivity index (χ0n) is 13.5. The van der Waals surface area contributed by atoms with Crippen LogP contribution in [0.2, 0.25) is 0 Å². The van der Waals surface area contributed by atoms with E-state index in [1.807, 2.05) is 5.57 Å². The second kappa shape index (κ2) is 4.60. The number of nitrogens with zero attached hydrogens (tertiary/aromatic N) is 1.